The molecule has 10 rings (SSSR count). The van der Waals surface area contributed by atoms with Crippen molar-refractivity contribution in [1.29, 1.82) is 0 Å². The maximum atomic E-state index is 13.0. The maximum absolute atomic E-state index is 13.0. The minimum atomic E-state index is -1.10. The summed E-state index contributed by atoms with van der Waals surface area (Å²) in [5.41, 5.74) is 13.3. The van der Waals surface area contributed by atoms with Gasteiger partial charge in [-0.2, -0.15) is 0 Å². The van der Waals surface area contributed by atoms with Crippen molar-refractivity contribution in [2.75, 3.05) is 0 Å². The largest absolute Gasteiger partial charge is 0.508 e. The molecular weight excluding hydrogens is 1290 g/mol. The van der Waals surface area contributed by atoms with Gasteiger partial charge in [0.15, 0.2) is 0 Å². The fourth-order valence-corrected chi connectivity index (χ4v) is 15.6. The average Bonchev–Trinajstić information content (AvgIpc) is 0.647. The predicted molar refractivity (Wildman–Crippen MR) is 426 cm³/mol. The second-order valence-corrected chi connectivity index (χ2v) is 36.5. The molecule has 10 aromatic carbocycles. The molecule has 0 saturated heterocycles. The smallest absolute Gasteiger partial charge is 0.122 e. The summed E-state index contributed by atoms with van der Waals surface area (Å²) < 4.78 is 0. The van der Waals surface area contributed by atoms with Gasteiger partial charge in [-0.25, -0.2) is 0 Å². The number of benzene rings is 10. The second kappa shape index (κ2) is 27.1. The van der Waals surface area contributed by atoms with E-state index in [1.165, 1.54) is 0 Å². The third-order valence-electron chi connectivity index (χ3n) is 22.0. The van der Waals surface area contributed by atoms with Crippen LogP contribution in [-0.4, -0.2) is 46.0 Å². The summed E-state index contributed by atoms with van der Waals surface area (Å²) in [6.07, 6.45) is 0. The predicted octanol–water partition coefficient (Wildman–Crippen LogP) is 23.0. The number of phenols is 9. The fraction of sp³-hybridized carbons (Fsp3) is 0.368. The van der Waals surface area contributed by atoms with Crippen LogP contribution >= 0.6 is 0 Å². The number of phenolic OH excluding ortho intramolecular Hbond substituents is 9. The van der Waals surface area contributed by atoms with Crippen molar-refractivity contribution >= 4 is 0 Å². The van der Waals surface area contributed by atoms with Crippen LogP contribution in [-0.2, 0) is 43.3 Å². The number of hydrogen-bond donors (Lipinski definition) is 9. The molecule has 0 heterocycles. The molecule has 0 aliphatic heterocycles. The lowest BCUT2D eigenvalue weighted by Gasteiger charge is -2.36. The highest BCUT2D eigenvalue weighted by atomic mass is 16.3. The van der Waals surface area contributed by atoms with Crippen molar-refractivity contribution in [3.8, 4) is 51.7 Å². The van der Waals surface area contributed by atoms with E-state index in [2.05, 4.69) is 206 Å². The minimum Gasteiger partial charge on any atom is -0.508 e. The van der Waals surface area contributed by atoms with Gasteiger partial charge in [-0.1, -0.05) is 260 Å². The molecule has 0 aromatic heterocycles. The molecule has 9 heteroatoms. The second-order valence-electron chi connectivity index (χ2n) is 36.5. The molecule has 10 aromatic rings. The normalized spacial score (nSPS) is 13.0. The van der Waals surface area contributed by atoms with Crippen LogP contribution in [0.3, 0.4) is 0 Å². The molecule has 0 aliphatic rings. The van der Waals surface area contributed by atoms with Gasteiger partial charge in [-0.05, 0) is 220 Å². The quantitative estimate of drug-likeness (QED) is 0.0479. The van der Waals surface area contributed by atoms with Crippen LogP contribution in [0, 0.1) is 20.8 Å². The van der Waals surface area contributed by atoms with E-state index >= 15 is 0 Å². The summed E-state index contributed by atoms with van der Waals surface area (Å²) in [6, 6.07) is 55.4. The van der Waals surface area contributed by atoms with Gasteiger partial charge in [-0.15, -0.1) is 0 Å². The molecule has 546 valence electrons. The third kappa shape index (κ3) is 14.8. The van der Waals surface area contributed by atoms with E-state index < -0.39 is 61.1 Å². The van der Waals surface area contributed by atoms with Gasteiger partial charge in [0.25, 0.3) is 0 Å². The zero-order chi connectivity index (χ0) is 77.0. The molecule has 0 spiro atoms. The Bertz CT molecular complexity index is 4550. The molecule has 0 atom stereocenters. The Morgan fingerprint density at radius 3 is 0.615 bits per heavy atom. The van der Waals surface area contributed by atoms with Gasteiger partial charge < -0.3 is 46.0 Å². The first kappa shape index (κ1) is 77.0. The van der Waals surface area contributed by atoms with Crippen molar-refractivity contribution in [2.24, 2.45) is 0 Å². The Balaban J connectivity index is 1.26. The molecule has 0 fully saturated rings. The average molecular weight is 1400 g/mol. The lowest BCUT2D eigenvalue weighted by atomic mass is 9.67. The zero-order valence-corrected chi connectivity index (χ0v) is 65.9. The van der Waals surface area contributed by atoms with Crippen molar-refractivity contribution < 1.29 is 46.0 Å². The van der Waals surface area contributed by atoms with E-state index in [0.29, 0.717) is 33.4 Å². The summed E-state index contributed by atoms with van der Waals surface area (Å²) in [7, 11) is 0. The molecule has 0 amide bonds. The molecule has 9 nitrogen and oxygen atoms in total. The van der Waals surface area contributed by atoms with E-state index in [1.807, 2.05) is 93.6 Å². The van der Waals surface area contributed by atoms with Gasteiger partial charge >= 0.3 is 0 Å². The van der Waals surface area contributed by atoms with Crippen LogP contribution in [0.1, 0.15) is 291 Å². The first-order valence-corrected chi connectivity index (χ1v) is 36.6. The standard InChI is InChI=1S/C95H112O9/c1-53-41-64(50-67(85(53)102)82(56-25-35-76(96)70(44-56)88(4,5)6)57-26-36-77(97)71(45-57)89(7,8)9)94(22,23)62-31-33-63(34-32-62)95(24,65-42-54(2)86(103)68(51-65)83(58-27-37-78(98)72(46-58)90(10,11)12)59-28-38-79(99)73(47-59)91(13,14)15)66-43-55(3)87(104)69(52-66)84(60-29-39-80(100)74(48-60)92(16,17)18)61-30-40-81(101)75(49-61)93(19,20)21/h25-52,82-84,96-104H,1-24H3. The van der Waals surface area contributed by atoms with Crippen molar-refractivity contribution in [1.82, 2.24) is 0 Å². The van der Waals surface area contributed by atoms with E-state index in [4.69, 9.17) is 0 Å². The number of rotatable bonds is 14. The number of aryl methyl sites for hydroxylation is 3. The lowest BCUT2D eigenvalue weighted by molar-refractivity contribution is 0.444. The summed E-state index contributed by atoms with van der Waals surface area (Å²) in [4.78, 5) is 0. The Kier molecular flexibility index (Phi) is 20.1. The van der Waals surface area contributed by atoms with Crippen molar-refractivity contribution in [2.45, 2.75) is 227 Å². The Morgan fingerprint density at radius 2 is 0.404 bits per heavy atom. The molecule has 0 aliphatic carbocycles. The summed E-state index contributed by atoms with van der Waals surface area (Å²) in [6.45, 7) is 49.6. The minimum absolute atomic E-state index is 0.0893. The van der Waals surface area contributed by atoms with Crippen LogP contribution in [0.4, 0.5) is 0 Å². The topological polar surface area (TPSA) is 182 Å². The highest BCUT2D eigenvalue weighted by Gasteiger charge is 2.39. The van der Waals surface area contributed by atoms with Gasteiger partial charge in [0.05, 0.1) is 0 Å². The number of aromatic hydroxyl groups is 9. The highest BCUT2D eigenvalue weighted by Crippen LogP contribution is 2.53. The van der Waals surface area contributed by atoms with E-state index in [1.54, 1.807) is 36.4 Å². The van der Waals surface area contributed by atoms with E-state index in [9.17, 15) is 46.0 Å². The Hall–Kier alpha value is -9.60. The first-order chi connectivity index (χ1) is 47.9. The fourth-order valence-electron chi connectivity index (χ4n) is 15.6. The first-order valence-electron chi connectivity index (χ1n) is 36.6. The van der Waals surface area contributed by atoms with Gasteiger partial charge in [0.2, 0.25) is 0 Å². The SMILES string of the molecule is Cc1cc(C(C)(C)c2ccc(C(C)(c3cc(C)c(O)c(C(c4ccc(O)c(C(C)(C)C)c4)c4ccc(O)c(C(C)(C)C)c4)c3)c3cc(C)c(O)c(C(c4ccc(O)c(C(C)(C)C)c4)c4ccc(O)c(C(C)(C)C)c4)c3)cc2)cc(C(c2ccc(O)c(C(C)(C)C)c2)c2ccc(O)c(C(C)(C)C)c2)c1O. The monoisotopic (exact) mass is 1400 g/mol. The molecule has 104 heavy (non-hydrogen) atoms. The van der Waals surface area contributed by atoms with Gasteiger partial charge in [-0.3, -0.25) is 0 Å². The summed E-state index contributed by atoms with van der Waals surface area (Å²) in [5, 5.41) is 108. The molecule has 0 bridgehead atoms. The van der Waals surface area contributed by atoms with Crippen LogP contribution in [0.15, 0.2) is 170 Å². The Morgan fingerprint density at radius 1 is 0.212 bits per heavy atom. The van der Waals surface area contributed by atoms with Gasteiger partial charge in [0.1, 0.15) is 51.7 Å². The van der Waals surface area contributed by atoms with Crippen molar-refractivity contribution in [3.63, 3.8) is 0 Å². The van der Waals surface area contributed by atoms with Crippen LogP contribution in [0.25, 0.3) is 0 Å². The van der Waals surface area contributed by atoms with E-state index in [0.717, 1.165) is 94.6 Å². The van der Waals surface area contributed by atoms with Crippen LogP contribution in [0.2, 0.25) is 0 Å². The summed E-state index contributed by atoms with van der Waals surface area (Å²) in [5.74, 6) is -0.455. The third-order valence-corrected chi connectivity index (χ3v) is 22.0. The Labute approximate surface area is 619 Å². The zero-order valence-electron chi connectivity index (χ0n) is 65.9. The summed E-state index contributed by atoms with van der Waals surface area (Å²) >= 11 is 0. The molecule has 9 N–H and O–H groups in total. The van der Waals surface area contributed by atoms with Crippen molar-refractivity contribution in [3.05, 3.63) is 298 Å². The molecule has 0 radical (unpaired) electrons. The highest BCUT2D eigenvalue weighted by molar-refractivity contribution is 5.66. The van der Waals surface area contributed by atoms with E-state index in [-0.39, 0.29) is 51.7 Å². The lowest BCUT2D eigenvalue weighted by Crippen LogP contribution is -2.27. The van der Waals surface area contributed by atoms with Crippen LogP contribution < -0.4 is 0 Å². The molecule has 0 saturated carbocycles. The molecule has 0 unspecified atom stereocenters. The molecular formula is C95H112O9. The number of hydrogen-bond acceptors (Lipinski definition) is 9. The van der Waals surface area contributed by atoms with Crippen LogP contribution in [0.5, 0.6) is 51.7 Å². The van der Waals surface area contributed by atoms with Gasteiger partial charge in [0, 0.05) is 45.3 Å². The maximum Gasteiger partial charge on any atom is 0.122 e.